The Labute approximate surface area is 62.5 Å². The Hall–Kier alpha value is -0.330. The number of nitrogens with zero attached hydrogens (tertiary/aromatic N) is 1. The lowest BCUT2D eigenvalue weighted by Gasteiger charge is -2.17. The molecule has 1 heterocycles. The number of fused-ring (bicyclic) bond motifs is 1. The molecule has 0 spiro atoms. The van der Waals surface area contributed by atoms with E-state index in [4.69, 9.17) is 0 Å². The summed E-state index contributed by atoms with van der Waals surface area (Å²) in [7, 11) is 0. The van der Waals surface area contributed by atoms with Crippen LogP contribution in [0.5, 0.6) is 0 Å². The minimum Gasteiger partial charge on any atom is -0.291 e. The van der Waals surface area contributed by atoms with Crippen molar-refractivity contribution in [2.24, 2.45) is 10.9 Å². The Kier molecular flexibility index (Phi) is 1.51. The molecule has 2 atom stereocenters. The summed E-state index contributed by atoms with van der Waals surface area (Å²) in [6.45, 7) is 2.24. The first kappa shape index (κ1) is 6.38. The van der Waals surface area contributed by atoms with Crippen molar-refractivity contribution in [2.45, 2.75) is 45.1 Å². The third-order valence-electron chi connectivity index (χ3n) is 2.72. The molecule has 2 rings (SSSR count). The second-order valence-corrected chi connectivity index (χ2v) is 3.65. The smallest absolute Gasteiger partial charge is 0.0477 e. The zero-order chi connectivity index (χ0) is 6.97. The van der Waals surface area contributed by atoms with Crippen molar-refractivity contribution in [1.82, 2.24) is 0 Å². The molecule has 0 amide bonds. The van der Waals surface area contributed by atoms with Gasteiger partial charge in [0.1, 0.15) is 0 Å². The third kappa shape index (κ3) is 0.979. The lowest BCUT2D eigenvalue weighted by molar-refractivity contribution is 0.505. The van der Waals surface area contributed by atoms with E-state index >= 15 is 0 Å². The van der Waals surface area contributed by atoms with Crippen molar-refractivity contribution < 1.29 is 0 Å². The molecule has 1 saturated carbocycles. The monoisotopic (exact) mass is 137 g/mol. The lowest BCUT2D eigenvalue weighted by atomic mass is 9.86. The first-order chi connectivity index (χ1) is 4.86. The molecule has 0 aromatic rings. The maximum absolute atomic E-state index is 4.63. The van der Waals surface area contributed by atoms with Crippen LogP contribution in [-0.4, -0.2) is 11.8 Å². The summed E-state index contributed by atoms with van der Waals surface area (Å²) in [6.07, 6.45) is 6.89. The molecular formula is C9H15N. The summed E-state index contributed by atoms with van der Waals surface area (Å²) in [5.41, 5.74) is 1.54. The predicted molar refractivity (Wildman–Crippen MR) is 43.5 cm³/mol. The van der Waals surface area contributed by atoms with E-state index in [1.807, 2.05) is 0 Å². The minimum atomic E-state index is 0.637. The van der Waals surface area contributed by atoms with Gasteiger partial charge in [0.2, 0.25) is 0 Å². The Bertz CT molecular complexity index is 160. The maximum atomic E-state index is 4.63. The van der Waals surface area contributed by atoms with Crippen LogP contribution in [0.1, 0.15) is 39.0 Å². The van der Waals surface area contributed by atoms with E-state index in [0.29, 0.717) is 6.04 Å². The van der Waals surface area contributed by atoms with Crippen LogP contribution in [0.4, 0.5) is 0 Å². The van der Waals surface area contributed by atoms with Gasteiger partial charge < -0.3 is 0 Å². The van der Waals surface area contributed by atoms with Crippen LogP contribution in [0.3, 0.4) is 0 Å². The van der Waals surface area contributed by atoms with Gasteiger partial charge in [-0.1, -0.05) is 6.42 Å². The van der Waals surface area contributed by atoms with Crippen molar-refractivity contribution in [1.29, 1.82) is 0 Å². The van der Waals surface area contributed by atoms with Crippen molar-refractivity contribution in [3.8, 4) is 0 Å². The van der Waals surface area contributed by atoms with Crippen LogP contribution in [0.2, 0.25) is 0 Å². The van der Waals surface area contributed by atoms with Gasteiger partial charge in [-0.05, 0) is 38.5 Å². The van der Waals surface area contributed by atoms with Crippen LogP contribution in [0, 0.1) is 5.92 Å². The molecule has 1 nitrogen and oxygen atoms in total. The van der Waals surface area contributed by atoms with Crippen LogP contribution in [0.15, 0.2) is 4.99 Å². The predicted octanol–water partition coefficient (Wildman–Crippen LogP) is 2.41. The highest BCUT2D eigenvalue weighted by Crippen LogP contribution is 2.31. The summed E-state index contributed by atoms with van der Waals surface area (Å²) in [5.74, 6) is 0.892. The zero-order valence-electron chi connectivity index (χ0n) is 6.64. The van der Waals surface area contributed by atoms with E-state index in [-0.39, 0.29) is 0 Å². The number of rotatable bonds is 0. The highest BCUT2D eigenvalue weighted by molar-refractivity contribution is 5.89. The van der Waals surface area contributed by atoms with Gasteiger partial charge in [-0.25, -0.2) is 0 Å². The van der Waals surface area contributed by atoms with E-state index in [1.165, 1.54) is 32.1 Å². The first-order valence-corrected chi connectivity index (χ1v) is 4.43. The molecule has 1 heteroatoms. The van der Waals surface area contributed by atoms with Gasteiger partial charge in [0.05, 0.1) is 0 Å². The van der Waals surface area contributed by atoms with Crippen LogP contribution in [-0.2, 0) is 0 Å². The molecule has 0 aromatic carbocycles. The number of hydrogen-bond acceptors (Lipinski definition) is 1. The maximum Gasteiger partial charge on any atom is 0.0477 e. The zero-order valence-corrected chi connectivity index (χ0v) is 6.64. The number of aliphatic imine (C=N–C) groups is 1. The normalized spacial score (nSPS) is 39.1. The topological polar surface area (TPSA) is 12.4 Å². The van der Waals surface area contributed by atoms with Gasteiger partial charge in [-0.15, -0.1) is 0 Å². The summed E-state index contributed by atoms with van der Waals surface area (Å²) >= 11 is 0. The van der Waals surface area contributed by atoms with E-state index in [2.05, 4.69) is 11.9 Å². The van der Waals surface area contributed by atoms with Crippen molar-refractivity contribution in [2.75, 3.05) is 0 Å². The van der Waals surface area contributed by atoms with Crippen molar-refractivity contribution in [3.63, 3.8) is 0 Å². The Morgan fingerprint density at radius 3 is 3.10 bits per heavy atom. The van der Waals surface area contributed by atoms with Crippen LogP contribution >= 0.6 is 0 Å². The van der Waals surface area contributed by atoms with Gasteiger partial charge in [-0.2, -0.15) is 0 Å². The van der Waals surface area contributed by atoms with E-state index < -0.39 is 0 Å². The molecule has 56 valence electrons. The standard InChI is InChI=1S/C9H15N/c1-7-6-8-4-2-3-5-9(8)10-7/h7-8H,2-6H2,1H3/t7?,8-/m0/s1. The van der Waals surface area contributed by atoms with Crippen LogP contribution < -0.4 is 0 Å². The average Bonchev–Trinajstić information content (AvgIpc) is 2.27. The lowest BCUT2D eigenvalue weighted by Crippen LogP contribution is -2.14. The summed E-state index contributed by atoms with van der Waals surface area (Å²) in [6, 6.07) is 0.637. The van der Waals surface area contributed by atoms with Crippen LogP contribution in [0.25, 0.3) is 0 Å². The van der Waals surface area contributed by atoms with Crippen molar-refractivity contribution >= 4 is 5.71 Å². The summed E-state index contributed by atoms with van der Waals surface area (Å²) in [4.78, 5) is 4.63. The fraction of sp³-hybridized carbons (Fsp3) is 0.889. The molecule has 1 aliphatic heterocycles. The average molecular weight is 137 g/mol. The number of hydrogen-bond donors (Lipinski definition) is 0. The van der Waals surface area contributed by atoms with Gasteiger partial charge in [0, 0.05) is 11.8 Å². The van der Waals surface area contributed by atoms with E-state index in [1.54, 1.807) is 5.71 Å². The van der Waals surface area contributed by atoms with Gasteiger partial charge in [0.15, 0.2) is 0 Å². The molecule has 0 saturated heterocycles. The molecular weight excluding hydrogens is 122 g/mol. The second-order valence-electron chi connectivity index (χ2n) is 3.65. The molecule has 0 bridgehead atoms. The van der Waals surface area contributed by atoms with Gasteiger partial charge in [0.25, 0.3) is 0 Å². The highest BCUT2D eigenvalue weighted by Gasteiger charge is 2.27. The largest absolute Gasteiger partial charge is 0.291 e. The molecule has 1 aliphatic carbocycles. The Balaban J connectivity index is 2.10. The highest BCUT2D eigenvalue weighted by atomic mass is 14.8. The first-order valence-electron chi connectivity index (χ1n) is 4.43. The molecule has 0 radical (unpaired) electrons. The molecule has 2 aliphatic rings. The molecule has 0 N–H and O–H groups in total. The Morgan fingerprint density at radius 2 is 2.30 bits per heavy atom. The SMILES string of the molecule is CC1C[C@@H]2CCCCC2=N1. The van der Waals surface area contributed by atoms with Crippen molar-refractivity contribution in [3.05, 3.63) is 0 Å². The molecule has 0 aromatic heterocycles. The van der Waals surface area contributed by atoms with Gasteiger partial charge >= 0.3 is 0 Å². The molecule has 10 heavy (non-hydrogen) atoms. The Morgan fingerprint density at radius 1 is 1.40 bits per heavy atom. The summed E-state index contributed by atoms with van der Waals surface area (Å²) < 4.78 is 0. The molecule has 1 fully saturated rings. The second kappa shape index (κ2) is 2.37. The third-order valence-corrected chi connectivity index (χ3v) is 2.72. The fourth-order valence-corrected chi connectivity index (χ4v) is 2.24. The fourth-order valence-electron chi connectivity index (χ4n) is 2.24. The quantitative estimate of drug-likeness (QED) is 0.486. The van der Waals surface area contributed by atoms with E-state index in [0.717, 1.165) is 5.92 Å². The van der Waals surface area contributed by atoms with E-state index in [9.17, 15) is 0 Å². The molecule has 1 unspecified atom stereocenters. The minimum absolute atomic E-state index is 0.637. The van der Waals surface area contributed by atoms with Gasteiger partial charge in [-0.3, -0.25) is 4.99 Å². The summed E-state index contributed by atoms with van der Waals surface area (Å²) in [5, 5.41) is 0.